The molecule has 1 fully saturated rings. The summed E-state index contributed by atoms with van der Waals surface area (Å²) >= 11 is 0. The Morgan fingerprint density at radius 3 is 2.57 bits per heavy atom. The van der Waals surface area contributed by atoms with Crippen molar-refractivity contribution in [1.29, 1.82) is 0 Å². The third kappa shape index (κ3) is 2.94. The summed E-state index contributed by atoms with van der Waals surface area (Å²) in [6.45, 7) is 6.61. The smallest absolute Gasteiger partial charge is 0.231 e. The molecule has 1 saturated carbocycles. The van der Waals surface area contributed by atoms with E-state index in [0.29, 0.717) is 13.1 Å². The molecule has 0 aliphatic heterocycles. The van der Waals surface area contributed by atoms with Gasteiger partial charge in [0.05, 0.1) is 17.2 Å². The largest absolute Gasteiger partial charge is 0.356 e. The van der Waals surface area contributed by atoms with Crippen molar-refractivity contribution < 1.29 is 9.59 Å². The van der Waals surface area contributed by atoms with E-state index in [9.17, 15) is 9.59 Å². The summed E-state index contributed by atoms with van der Waals surface area (Å²) in [5.74, 6) is -0.0433. The Hall–Kier alpha value is -1.85. The van der Waals surface area contributed by atoms with E-state index >= 15 is 0 Å². The summed E-state index contributed by atoms with van der Waals surface area (Å²) < 4.78 is 0. The van der Waals surface area contributed by atoms with E-state index in [1.54, 1.807) is 12.5 Å². The highest BCUT2D eigenvalue weighted by molar-refractivity contribution is 5.88. The number of imidazole rings is 1. The van der Waals surface area contributed by atoms with E-state index < -0.39 is 10.8 Å². The van der Waals surface area contributed by atoms with Gasteiger partial charge in [0.15, 0.2) is 0 Å². The molecule has 1 aromatic heterocycles. The molecule has 116 valence electrons. The van der Waals surface area contributed by atoms with Gasteiger partial charge in [-0.2, -0.15) is 0 Å². The van der Waals surface area contributed by atoms with Gasteiger partial charge in [-0.15, -0.1) is 0 Å². The second kappa shape index (κ2) is 5.87. The van der Waals surface area contributed by atoms with Crippen LogP contribution in [0.15, 0.2) is 12.5 Å². The second-order valence-corrected chi connectivity index (χ2v) is 6.27. The lowest BCUT2D eigenvalue weighted by Crippen LogP contribution is -2.54. The van der Waals surface area contributed by atoms with Crippen LogP contribution in [-0.4, -0.2) is 34.9 Å². The van der Waals surface area contributed by atoms with E-state index in [2.05, 4.69) is 20.6 Å². The summed E-state index contributed by atoms with van der Waals surface area (Å²) in [7, 11) is 0. The van der Waals surface area contributed by atoms with Gasteiger partial charge in [-0.25, -0.2) is 4.98 Å². The number of aromatic amines is 1. The highest BCUT2D eigenvalue weighted by atomic mass is 16.2. The number of rotatable bonds is 6. The Bertz CT molecular complexity index is 504. The number of aromatic nitrogens is 2. The van der Waals surface area contributed by atoms with Crippen LogP contribution in [-0.2, 0) is 15.0 Å². The van der Waals surface area contributed by atoms with Gasteiger partial charge in [-0.1, -0.05) is 6.42 Å². The van der Waals surface area contributed by atoms with Crippen LogP contribution in [0, 0.1) is 5.41 Å². The predicted octanol–water partition coefficient (Wildman–Crippen LogP) is 1.11. The summed E-state index contributed by atoms with van der Waals surface area (Å²) in [6, 6.07) is 0. The molecule has 6 heteroatoms. The molecule has 0 bridgehead atoms. The fourth-order valence-corrected chi connectivity index (χ4v) is 2.63. The van der Waals surface area contributed by atoms with E-state index in [4.69, 9.17) is 0 Å². The van der Waals surface area contributed by atoms with Crippen LogP contribution in [0.5, 0.6) is 0 Å². The second-order valence-electron chi connectivity index (χ2n) is 6.27. The Morgan fingerprint density at radius 1 is 1.38 bits per heavy atom. The van der Waals surface area contributed by atoms with E-state index in [1.165, 1.54) is 0 Å². The van der Waals surface area contributed by atoms with Gasteiger partial charge in [0.25, 0.3) is 0 Å². The predicted molar refractivity (Wildman–Crippen MR) is 79.6 cm³/mol. The van der Waals surface area contributed by atoms with Crippen LogP contribution >= 0.6 is 0 Å². The van der Waals surface area contributed by atoms with Crippen molar-refractivity contribution in [3.63, 3.8) is 0 Å². The first-order valence-electron chi connectivity index (χ1n) is 7.48. The summed E-state index contributed by atoms with van der Waals surface area (Å²) in [4.78, 5) is 31.5. The molecule has 0 atom stereocenters. The zero-order valence-corrected chi connectivity index (χ0v) is 13.0. The van der Waals surface area contributed by atoms with Crippen LogP contribution in [0.3, 0.4) is 0 Å². The molecule has 0 radical (unpaired) electrons. The monoisotopic (exact) mass is 292 g/mol. The maximum Gasteiger partial charge on any atom is 0.231 e. The molecule has 3 N–H and O–H groups in total. The quantitative estimate of drug-likeness (QED) is 0.734. The van der Waals surface area contributed by atoms with Gasteiger partial charge in [0.1, 0.15) is 0 Å². The molecule has 1 aliphatic rings. The molecular formula is C15H24N4O2. The minimum Gasteiger partial charge on any atom is -0.356 e. The number of hydrogen-bond acceptors (Lipinski definition) is 3. The number of nitrogens with zero attached hydrogens (tertiary/aromatic N) is 1. The maximum absolute atomic E-state index is 12.4. The first-order valence-corrected chi connectivity index (χ1v) is 7.48. The van der Waals surface area contributed by atoms with Crippen molar-refractivity contribution in [2.45, 2.75) is 45.4 Å². The molecule has 6 nitrogen and oxygen atoms in total. The third-order valence-electron chi connectivity index (χ3n) is 4.46. The summed E-state index contributed by atoms with van der Waals surface area (Å²) in [6.07, 6.45) is 5.93. The minimum atomic E-state index is -0.692. The van der Waals surface area contributed by atoms with Crippen molar-refractivity contribution in [2.75, 3.05) is 13.1 Å². The fraction of sp³-hybridized carbons (Fsp3) is 0.667. The van der Waals surface area contributed by atoms with Crippen molar-refractivity contribution in [3.05, 3.63) is 18.2 Å². The molecule has 1 aromatic rings. The third-order valence-corrected chi connectivity index (χ3v) is 4.46. The molecule has 2 rings (SSSR count). The zero-order valence-electron chi connectivity index (χ0n) is 13.0. The Balaban J connectivity index is 1.98. The highest BCUT2D eigenvalue weighted by Crippen LogP contribution is 2.40. The maximum atomic E-state index is 12.4. The van der Waals surface area contributed by atoms with Crippen molar-refractivity contribution in [2.24, 2.45) is 5.41 Å². The number of H-pyrrole nitrogens is 1. The number of carbonyl (C=O) groups excluding carboxylic acids is 2. The Kier molecular flexibility index (Phi) is 4.34. The lowest BCUT2D eigenvalue weighted by molar-refractivity contribution is -0.137. The van der Waals surface area contributed by atoms with Gasteiger partial charge in [0, 0.05) is 25.0 Å². The number of nitrogens with one attached hydrogen (secondary N) is 3. The van der Waals surface area contributed by atoms with Crippen molar-refractivity contribution in [1.82, 2.24) is 20.6 Å². The van der Waals surface area contributed by atoms with Gasteiger partial charge in [-0.3, -0.25) is 9.59 Å². The average Bonchev–Trinajstić information content (AvgIpc) is 2.91. The van der Waals surface area contributed by atoms with Crippen LogP contribution in [0.1, 0.15) is 45.7 Å². The number of amides is 2. The number of hydrogen-bond donors (Lipinski definition) is 3. The van der Waals surface area contributed by atoms with Crippen LogP contribution < -0.4 is 10.6 Å². The van der Waals surface area contributed by atoms with Gasteiger partial charge < -0.3 is 15.6 Å². The molecule has 0 spiro atoms. The van der Waals surface area contributed by atoms with Gasteiger partial charge in [-0.05, 0) is 33.6 Å². The van der Waals surface area contributed by atoms with E-state index in [0.717, 1.165) is 25.0 Å². The SMILES string of the molecule is CCNC(=O)C1(CNC(=O)C(C)(C)c2cnc[nH]2)CCC1. The highest BCUT2D eigenvalue weighted by Gasteiger charge is 2.44. The van der Waals surface area contributed by atoms with Gasteiger partial charge >= 0.3 is 0 Å². The van der Waals surface area contributed by atoms with E-state index in [-0.39, 0.29) is 11.8 Å². The first-order chi connectivity index (χ1) is 9.92. The Morgan fingerprint density at radius 2 is 2.10 bits per heavy atom. The normalized spacial score (nSPS) is 16.9. The van der Waals surface area contributed by atoms with Gasteiger partial charge in [0.2, 0.25) is 11.8 Å². The molecular weight excluding hydrogens is 268 g/mol. The molecule has 2 amide bonds. The molecule has 0 unspecified atom stereocenters. The topological polar surface area (TPSA) is 86.9 Å². The first kappa shape index (κ1) is 15.5. The number of carbonyl (C=O) groups is 2. The van der Waals surface area contributed by atoms with Crippen LogP contribution in [0.4, 0.5) is 0 Å². The summed E-state index contributed by atoms with van der Waals surface area (Å²) in [5.41, 5.74) is -0.348. The van der Waals surface area contributed by atoms with E-state index in [1.807, 2.05) is 20.8 Å². The zero-order chi connectivity index (χ0) is 15.5. The molecule has 1 heterocycles. The van der Waals surface area contributed by atoms with Crippen LogP contribution in [0.25, 0.3) is 0 Å². The molecule has 0 aromatic carbocycles. The molecule has 21 heavy (non-hydrogen) atoms. The average molecular weight is 292 g/mol. The Labute approximate surface area is 125 Å². The van der Waals surface area contributed by atoms with Crippen molar-refractivity contribution >= 4 is 11.8 Å². The minimum absolute atomic E-state index is 0.0518. The standard InChI is InChI=1S/C15H24N4O2/c1-4-17-13(21)15(6-5-7-15)9-18-12(20)14(2,3)11-8-16-10-19-11/h8,10H,4-7,9H2,1-3H3,(H,16,19)(H,17,21)(H,18,20). The van der Waals surface area contributed by atoms with Crippen molar-refractivity contribution in [3.8, 4) is 0 Å². The molecule has 0 saturated heterocycles. The molecule has 1 aliphatic carbocycles. The fourth-order valence-electron chi connectivity index (χ4n) is 2.63. The summed E-state index contributed by atoms with van der Waals surface area (Å²) in [5, 5.41) is 5.82. The lowest BCUT2D eigenvalue weighted by atomic mass is 9.67. The van der Waals surface area contributed by atoms with Crippen LogP contribution in [0.2, 0.25) is 0 Å². The lowest BCUT2D eigenvalue weighted by Gasteiger charge is -2.40.